The lowest BCUT2D eigenvalue weighted by atomic mass is 10.1. The number of H-pyrrole nitrogens is 1. The second-order valence-corrected chi connectivity index (χ2v) is 9.50. The number of imidazole rings is 1. The maximum absolute atomic E-state index is 13.0. The number of nitrogens with one attached hydrogen (secondary N) is 1. The van der Waals surface area contributed by atoms with Crippen molar-refractivity contribution in [2.24, 2.45) is 0 Å². The number of sulfonamides is 1. The van der Waals surface area contributed by atoms with Gasteiger partial charge in [0.25, 0.3) is 5.56 Å². The molecule has 0 saturated carbocycles. The number of nitrogens with zero attached hydrogens (tertiary/aromatic N) is 4. The maximum atomic E-state index is 13.0. The van der Waals surface area contributed by atoms with Gasteiger partial charge >= 0.3 is 0 Å². The summed E-state index contributed by atoms with van der Waals surface area (Å²) in [6.45, 7) is 2.61. The van der Waals surface area contributed by atoms with Crippen LogP contribution in [-0.2, 0) is 29.5 Å². The van der Waals surface area contributed by atoms with Crippen molar-refractivity contribution in [1.82, 2.24) is 23.5 Å². The molecule has 9 heteroatoms. The van der Waals surface area contributed by atoms with Gasteiger partial charge in [-0.3, -0.25) is 9.89 Å². The lowest BCUT2D eigenvalue weighted by molar-refractivity contribution is 0.389. The summed E-state index contributed by atoms with van der Waals surface area (Å²) in [5.74, 6) is 0. The molecule has 0 bridgehead atoms. The zero-order chi connectivity index (χ0) is 20.9. The topological polar surface area (TPSA) is 92.5 Å². The Morgan fingerprint density at radius 3 is 2.70 bits per heavy atom. The highest BCUT2D eigenvalue weighted by Crippen LogP contribution is 2.23. The summed E-state index contributed by atoms with van der Waals surface area (Å²) >= 11 is 0. The van der Waals surface area contributed by atoms with Crippen molar-refractivity contribution in [3.8, 4) is 0 Å². The molecule has 4 heterocycles. The van der Waals surface area contributed by atoms with Crippen LogP contribution in [0.25, 0.3) is 5.65 Å². The summed E-state index contributed by atoms with van der Waals surface area (Å²) in [7, 11) is -3.65. The number of rotatable bonds is 4. The molecule has 0 fully saturated rings. The smallest absolute Gasteiger partial charge is 0.271 e. The molecule has 0 aliphatic carbocycles. The Morgan fingerprint density at radius 2 is 1.93 bits per heavy atom. The fourth-order valence-corrected chi connectivity index (χ4v) is 5.24. The molecular weight excluding hydrogens is 402 g/mol. The molecule has 4 aromatic rings. The Balaban J connectivity index is 1.42. The summed E-state index contributed by atoms with van der Waals surface area (Å²) in [4.78, 5) is 17.7. The molecule has 0 radical (unpaired) electrons. The quantitative estimate of drug-likeness (QED) is 0.543. The van der Waals surface area contributed by atoms with Gasteiger partial charge in [-0.25, -0.2) is 18.1 Å². The Hall–Kier alpha value is -3.17. The SMILES string of the molecule is Cc1ccc(S(=O)(=O)N2CCc3[nH]n(Cc4cn5ccccc5n4)c(=O)c3C2)cc1. The first-order valence-electron chi connectivity index (χ1n) is 9.72. The third kappa shape index (κ3) is 3.16. The normalized spacial score (nSPS) is 14.8. The van der Waals surface area contributed by atoms with Crippen molar-refractivity contribution in [2.75, 3.05) is 6.54 Å². The van der Waals surface area contributed by atoms with Crippen LogP contribution >= 0.6 is 0 Å². The summed E-state index contributed by atoms with van der Waals surface area (Å²) in [5, 5.41) is 3.15. The summed E-state index contributed by atoms with van der Waals surface area (Å²) in [5.41, 5.74) is 3.65. The van der Waals surface area contributed by atoms with Gasteiger partial charge in [-0.1, -0.05) is 23.8 Å². The van der Waals surface area contributed by atoms with Gasteiger partial charge in [-0.05, 0) is 31.2 Å². The molecule has 30 heavy (non-hydrogen) atoms. The van der Waals surface area contributed by atoms with Crippen LogP contribution in [0.5, 0.6) is 0 Å². The van der Waals surface area contributed by atoms with E-state index in [1.807, 2.05) is 41.9 Å². The fraction of sp³-hybridized carbons (Fsp3) is 0.238. The monoisotopic (exact) mass is 423 g/mol. The summed E-state index contributed by atoms with van der Waals surface area (Å²) < 4.78 is 30.8. The number of benzene rings is 1. The number of aromatic nitrogens is 4. The van der Waals surface area contributed by atoms with Gasteiger partial charge in [0, 0.05) is 37.6 Å². The average molecular weight is 423 g/mol. The van der Waals surface area contributed by atoms with Gasteiger partial charge in [-0.2, -0.15) is 4.31 Å². The molecular formula is C21H21N5O3S. The highest BCUT2D eigenvalue weighted by Gasteiger charge is 2.31. The third-order valence-corrected chi connectivity index (χ3v) is 7.34. The van der Waals surface area contributed by atoms with Crippen LogP contribution in [0.3, 0.4) is 0 Å². The molecule has 0 saturated heterocycles. The predicted octanol–water partition coefficient (Wildman–Crippen LogP) is 1.93. The van der Waals surface area contributed by atoms with E-state index in [0.29, 0.717) is 25.1 Å². The van der Waals surface area contributed by atoms with Crippen molar-refractivity contribution >= 4 is 15.7 Å². The van der Waals surface area contributed by atoms with E-state index in [-0.39, 0.29) is 17.0 Å². The Bertz CT molecular complexity index is 1360. The van der Waals surface area contributed by atoms with Crippen LogP contribution < -0.4 is 5.56 Å². The van der Waals surface area contributed by atoms with E-state index in [1.165, 1.54) is 8.99 Å². The molecule has 0 spiro atoms. The predicted molar refractivity (Wildman–Crippen MR) is 112 cm³/mol. The van der Waals surface area contributed by atoms with Crippen LogP contribution in [0.4, 0.5) is 0 Å². The summed E-state index contributed by atoms with van der Waals surface area (Å²) in [6.07, 6.45) is 4.26. The third-order valence-electron chi connectivity index (χ3n) is 5.48. The molecule has 154 valence electrons. The minimum atomic E-state index is -3.65. The largest absolute Gasteiger partial charge is 0.307 e. The second-order valence-electron chi connectivity index (χ2n) is 7.56. The number of hydrogen-bond donors (Lipinski definition) is 1. The fourth-order valence-electron chi connectivity index (χ4n) is 3.84. The highest BCUT2D eigenvalue weighted by atomic mass is 32.2. The van der Waals surface area contributed by atoms with Crippen LogP contribution in [0.15, 0.2) is 64.5 Å². The number of fused-ring (bicyclic) bond motifs is 2. The van der Waals surface area contributed by atoms with E-state index >= 15 is 0 Å². The van der Waals surface area contributed by atoms with E-state index < -0.39 is 10.0 Å². The first kappa shape index (κ1) is 18.8. The van der Waals surface area contributed by atoms with Gasteiger partial charge in [0.05, 0.1) is 22.7 Å². The Labute approximate surface area is 173 Å². The first-order chi connectivity index (χ1) is 14.4. The minimum Gasteiger partial charge on any atom is -0.307 e. The highest BCUT2D eigenvalue weighted by molar-refractivity contribution is 7.89. The van der Waals surface area contributed by atoms with Crippen LogP contribution in [0, 0.1) is 6.92 Å². The van der Waals surface area contributed by atoms with Crippen LogP contribution in [0.2, 0.25) is 0 Å². The Morgan fingerprint density at radius 1 is 1.13 bits per heavy atom. The van der Waals surface area contributed by atoms with Crippen molar-refractivity contribution in [1.29, 1.82) is 0 Å². The van der Waals surface area contributed by atoms with Gasteiger partial charge in [0.1, 0.15) is 5.65 Å². The van der Waals surface area contributed by atoms with Crippen molar-refractivity contribution < 1.29 is 8.42 Å². The van der Waals surface area contributed by atoms with Crippen molar-refractivity contribution in [2.45, 2.75) is 31.3 Å². The van der Waals surface area contributed by atoms with Crippen molar-refractivity contribution in [3.63, 3.8) is 0 Å². The summed E-state index contributed by atoms with van der Waals surface area (Å²) in [6, 6.07) is 12.5. The molecule has 1 aliphatic rings. The minimum absolute atomic E-state index is 0.0685. The van der Waals surface area contributed by atoms with E-state index in [4.69, 9.17) is 0 Å². The zero-order valence-corrected chi connectivity index (χ0v) is 17.3. The molecule has 3 aromatic heterocycles. The molecule has 5 rings (SSSR count). The van der Waals surface area contributed by atoms with Gasteiger partial charge in [-0.15, -0.1) is 0 Å². The number of hydrogen-bond acceptors (Lipinski definition) is 4. The molecule has 8 nitrogen and oxygen atoms in total. The van der Waals surface area contributed by atoms with Gasteiger partial charge in [0.15, 0.2) is 0 Å². The standard InChI is InChI=1S/C21H21N5O3S/c1-15-5-7-17(8-6-15)30(28,29)25-11-9-19-18(14-25)21(27)26(23-19)13-16-12-24-10-3-2-4-20(24)22-16/h2-8,10,12,23H,9,11,13-14H2,1H3. The van der Waals surface area contributed by atoms with E-state index in [0.717, 1.165) is 22.6 Å². The van der Waals surface area contributed by atoms with Crippen molar-refractivity contribution in [3.05, 3.63) is 87.7 Å². The molecule has 0 unspecified atom stereocenters. The van der Waals surface area contributed by atoms with Crippen LogP contribution in [-0.4, -0.2) is 38.4 Å². The van der Waals surface area contributed by atoms with E-state index in [2.05, 4.69) is 10.1 Å². The van der Waals surface area contributed by atoms with Gasteiger partial charge in [0.2, 0.25) is 10.0 Å². The zero-order valence-electron chi connectivity index (χ0n) is 16.4. The van der Waals surface area contributed by atoms with Crippen LogP contribution in [0.1, 0.15) is 22.5 Å². The molecule has 1 aliphatic heterocycles. The molecule has 0 atom stereocenters. The molecule has 0 amide bonds. The van der Waals surface area contributed by atoms with E-state index in [9.17, 15) is 13.2 Å². The van der Waals surface area contributed by atoms with E-state index in [1.54, 1.807) is 24.3 Å². The lowest BCUT2D eigenvalue weighted by Gasteiger charge is -2.25. The van der Waals surface area contributed by atoms with Gasteiger partial charge < -0.3 is 4.40 Å². The second kappa shape index (κ2) is 6.96. The number of aryl methyl sites for hydroxylation is 1. The first-order valence-corrected chi connectivity index (χ1v) is 11.2. The average Bonchev–Trinajstić information content (AvgIpc) is 3.28. The molecule has 1 aromatic carbocycles. The lowest BCUT2D eigenvalue weighted by Crippen LogP contribution is -2.37. The maximum Gasteiger partial charge on any atom is 0.271 e. The Kier molecular flexibility index (Phi) is 4.37. The molecule has 1 N–H and O–H groups in total. The number of pyridine rings is 1. The number of aromatic amines is 1.